The van der Waals surface area contributed by atoms with Gasteiger partial charge in [0.15, 0.2) is 0 Å². The average molecular weight is 267 g/mol. The van der Waals surface area contributed by atoms with Crippen LogP contribution in [-0.2, 0) is 4.74 Å². The first kappa shape index (κ1) is 13.3. The molecule has 1 saturated heterocycles. The molecule has 0 radical (unpaired) electrons. The van der Waals surface area contributed by atoms with Crippen LogP contribution in [0.15, 0.2) is 54.6 Å². The molecule has 20 heavy (non-hydrogen) atoms. The summed E-state index contributed by atoms with van der Waals surface area (Å²) in [6.45, 7) is 1.70. The van der Waals surface area contributed by atoms with Crippen molar-refractivity contribution in [2.75, 3.05) is 13.2 Å². The molecule has 2 N–H and O–H groups in total. The van der Waals surface area contributed by atoms with Gasteiger partial charge in [-0.05, 0) is 35.4 Å². The Morgan fingerprint density at radius 2 is 1.45 bits per heavy atom. The summed E-state index contributed by atoms with van der Waals surface area (Å²) in [6.07, 6.45) is 2.14. The average Bonchev–Trinajstić information content (AvgIpc) is 2.56. The maximum atomic E-state index is 6.40. The van der Waals surface area contributed by atoms with E-state index in [2.05, 4.69) is 48.5 Å². The first-order valence-electron chi connectivity index (χ1n) is 7.33. The van der Waals surface area contributed by atoms with Crippen molar-refractivity contribution in [3.8, 4) is 11.1 Å². The lowest BCUT2D eigenvalue weighted by Gasteiger charge is -2.28. The largest absolute Gasteiger partial charge is 0.381 e. The molecule has 0 spiro atoms. The molecular weight excluding hydrogens is 246 g/mol. The zero-order valence-corrected chi connectivity index (χ0v) is 11.7. The van der Waals surface area contributed by atoms with Crippen molar-refractivity contribution >= 4 is 0 Å². The van der Waals surface area contributed by atoms with Crippen LogP contribution in [0.3, 0.4) is 0 Å². The predicted molar refractivity (Wildman–Crippen MR) is 82.3 cm³/mol. The Labute approximate surface area is 120 Å². The summed E-state index contributed by atoms with van der Waals surface area (Å²) in [4.78, 5) is 0. The molecule has 0 amide bonds. The number of hydrogen-bond donors (Lipinski definition) is 1. The zero-order valence-electron chi connectivity index (χ0n) is 11.7. The van der Waals surface area contributed by atoms with Crippen LogP contribution in [-0.4, -0.2) is 13.2 Å². The second-order valence-electron chi connectivity index (χ2n) is 5.46. The molecule has 0 saturated carbocycles. The predicted octanol–water partition coefficient (Wildman–Crippen LogP) is 3.78. The van der Waals surface area contributed by atoms with Crippen LogP contribution in [0.5, 0.6) is 0 Å². The lowest BCUT2D eigenvalue weighted by Crippen LogP contribution is -2.27. The Kier molecular flexibility index (Phi) is 4.14. The van der Waals surface area contributed by atoms with Crippen LogP contribution in [0, 0.1) is 5.92 Å². The minimum Gasteiger partial charge on any atom is -0.381 e. The summed E-state index contributed by atoms with van der Waals surface area (Å²) >= 11 is 0. The topological polar surface area (TPSA) is 35.2 Å². The Bertz CT molecular complexity index is 529. The minimum absolute atomic E-state index is 0.128. The molecule has 104 valence electrons. The molecule has 2 nitrogen and oxygen atoms in total. The second-order valence-corrected chi connectivity index (χ2v) is 5.46. The SMILES string of the molecule is N[C@H](c1ccc(-c2ccccc2)cc1)C1CCOCC1. The first-order valence-corrected chi connectivity index (χ1v) is 7.33. The van der Waals surface area contributed by atoms with E-state index >= 15 is 0 Å². The van der Waals surface area contributed by atoms with Crippen LogP contribution < -0.4 is 5.73 Å². The first-order chi connectivity index (χ1) is 9.84. The van der Waals surface area contributed by atoms with Gasteiger partial charge in [-0.15, -0.1) is 0 Å². The standard InChI is InChI=1S/C18H21NO/c19-18(17-10-12-20-13-11-17)16-8-6-15(7-9-16)14-4-2-1-3-5-14/h1-9,17-18H,10-13,19H2/t18-/m1/s1. The van der Waals surface area contributed by atoms with Crippen LogP contribution in [0.2, 0.25) is 0 Å². The Morgan fingerprint density at radius 3 is 2.10 bits per heavy atom. The van der Waals surface area contributed by atoms with Gasteiger partial charge in [0.1, 0.15) is 0 Å². The van der Waals surface area contributed by atoms with E-state index < -0.39 is 0 Å². The minimum atomic E-state index is 0.128. The van der Waals surface area contributed by atoms with Crippen molar-refractivity contribution in [1.82, 2.24) is 0 Å². The van der Waals surface area contributed by atoms with Gasteiger partial charge >= 0.3 is 0 Å². The zero-order chi connectivity index (χ0) is 13.8. The molecule has 1 aliphatic heterocycles. The molecule has 3 rings (SSSR count). The smallest absolute Gasteiger partial charge is 0.0469 e. The van der Waals surface area contributed by atoms with Gasteiger partial charge in [0.25, 0.3) is 0 Å². The van der Waals surface area contributed by atoms with Gasteiger partial charge in [0.05, 0.1) is 0 Å². The van der Waals surface area contributed by atoms with E-state index in [-0.39, 0.29) is 6.04 Å². The molecule has 0 bridgehead atoms. The number of hydrogen-bond acceptors (Lipinski definition) is 2. The van der Waals surface area contributed by atoms with E-state index in [1.807, 2.05) is 6.07 Å². The monoisotopic (exact) mass is 267 g/mol. The Morgan fingerprint density at radius 1 is 0.850 bits per heavy atom. The lowest BCUT2D eigenvalue weighted by atomic mass is 9.87. The fourth-order valence-electron chi connectivity index (χ4n) is 2.88. The van der Waals surface area contributed by atoms with E-state index in [4.69, 9.17) is 10.5 Å². The summed E-state index contributed by atoms with van der Waals surface area (Å²) in [5.41, 5.74) is 10.1. The summed E-state index contributed by atoms with van der Waals surface area (Å²) < 4.78 is 5.41. The van der Waals surface area contributed by atoms with E-state index in [9.17, 15) is 0 Å². The maximum absolute atomic E-state index is 6.40. The molecule has 1 aliphatic rings. The molecule has 0 unspecified atom stereocenters. The van der Waals surface area contributed by atoms with Gasteiger partial charge in [-0.1, -0.05) is 54.6 Å². The lowest BCUT2D eigenvalue weighted by molar-refractivity contribution is 0.0584. The van der Waals surface area contributed by atoms with Crippen molar-refractivity contribution in [3.05, 3.63) is 60.2 Å². The summed E-state index contributed by atoms with van der Waals surface area (Å²) in [7, 11) is 0. The highest BCUT2D eigenvalue weighted by molar-refractivity contribution is 5.63. The second kappa shape index (κ2) is 6.21. The fourth-order valence-corrected chi connectivity index (χ4v) is 2.88. The molecule has 0 aromatic heterocycles. The van der Waals surface area contributed by atoms with Crippen molar-refractivity contribution in [2.45, 2.75) is 18.9 Å². The van der Waals surface area contributed by atoms with Crippen LogP contribution in [0.4, 0.5) is 0 Å². The van der Waals surface area contributed by atoms with Gasteiger partial charge in [-0.25, -0.2) is 0 Å². The molecule has 2 aromatic rings. The number of benzene rings is 2. The van der Waals surface area contributed by atoms with Crippen molar-refractivity contribution in [1.29, 1.82) is 0 Å². The third kappa shape index (κ3) is 2.92. The highest BCUT2D eigenvalue weighted by Gasteiger charge is 2.22. The van der Waals surface area contributed by atoms with Crippen molar-refractivity contribution < 1.29 is 4.74 Å². The van der Waals surface area contributed by atoms with Gasteiger partial charge in [-0.2, -0.15) is 0 Å². The van der Waals surface area contributed by atoms with Gasteiger partial charge in [0, 0.05) is 19.3 Å². The molecule has 2 heteroatoms. The third-order valence-electron chi connectivity index (χ3n) is 4.18. The van der Waals surface area contributed by atoms with Gasteiger partial charge in [0.2, 0.25) is 0 Å². The molecule has 0 aliphatic carbocycles. The number of ether oxygens (including phenoxy) is 1. The third-order valence-corrected chi connectivity index (χ3v) is 4.18. The summed E-state index contributed by atoms with van der Waals surface area (Å²) in [5, 5.41) is 0. The molecule has 1 heterocycles. The maximum Gasteiger partial charge on any atom is 0.0469 e. The van der Waals surface area contributed by atoms with Gasteiger partial charge < -0.3 is 10.5 Å². The Hall–Kier alpha value is -1.64. The molecule has 1 fully saturated rings. The number of rotatable bonds is 3. The van der Waals surface area contributed by atoms with Crippen LogP contribution in [0.1, 0.15) is 24.4 Å². The van der Waals surface area contributed by atoms with E-state index in [0.717, 1.165) is 26.1 Å². The van der Waals surface area contributed by atoms with Crippen LogP contribution in [0.25, 0.3) is 11.1 Å². The highest BCUT2D eigenvalue weighted by Crippen LogP contribution is 2.29. The van der Waals surface area contributed by atoms with Crippen molar-refractivity contribution in [2.24, 2.45) is 11.7 Å². The fraction of sp³-hybridized carbons (Fsp3) is 0.333. The Balaban J connectivity index is 1.75. The van der Waals surface area contributed by atoms with Gasteiger partial charge in [-0.3, -0.25) is 0 Å². The van der Waals surface area contributed by atoms with E-state index in [1.54, 1.807) is 0 Å². The summed E-state index contributed by atoms with van der Waals surface area (Å²) in [5.74, 6) is 0.548. The highest BCUT2D eigenvalue weighted by atomic mass is 16.5. The van der Waals surface area contributed by atoms with E-state index in [1.165, 1.54) is 16.7 Å². The normalized spacial score (nSPS) is 17.9. The van der Waals surface area contributed by atoms with Crippen molar-refractivity contribution in [3.63, 3.8) is 0 Å². The molecular formula is C18H21NO. The quantitative estimate of drug-likeness (QED) is 0.918. The summed E-state index contributed by atoms with van der Waals surface area (Å²) in [6, 6.07) is 19.2. The van der Waals surface area contributed by atoms with E-state index in [0.29, 0.717) is 5.92 Å². The molecule has 2 aromatic carbocycles. The number of nitrogens with two attached hydrogens (primary N) is 1. The van der Waals surface area contributed by atoms with Crippen LogP contribution >= 0.6 is 0 Å². The molecule has 1 atom stereocenters.